The van der Waals surface area contributed by atoms with Gasteiger partial charge in [-0.25, -0.2) is 4.68 Å². The molecule has 3 aromatic rings. The number of rotatable bonds is 4. The van der Waals surface area contributed by atoms with Crippen molar-refractivity contribution in [3.8, 4) is 17.1 Å². The Balaban J connectivity index is 1.76. The van der Waals surface area contributed by atoms with Gasteiger partial charge in [0.2, 0.25) is 4.77 Å². The van der Waals surface area contributed by atoms with Crippen molar-refractivity contribution in [2.75, 3.05) is 13.1 Å². The highest BCUT2D eigenvalue weighted by molar-refractivity contribution is 7.71. The zero-order chi connectivity index (χ0) is 19.7. The highest BCUT2D eigenvalue weighted by atomic mass is 32.1. The van der Waals surface area contributed by atoms with Crippen molar-refractivity contribution in [2.24, 2.45) is 0 Å². The molecule has 1 aliphatic heterocycles. The average molecular weight is 395 g/mol. The van der Waals surface area contributed by atoms with E-state index in [9.17, 15) is 5.11 Å². The fraction of sp³-hybridized carbons (Fsp3) is 0.364. The van der Waals surface area contributed by atoms with E-state index in [0.717, 1.165) is 43.0 Å². The van der Waals surface area contributed by atoms with Gasteiger partial charge in [0.15, 0.2) is 5.82 Å². The summed E-state index contributed by atoms with van der Waals surface area (Å²) < 4.78 is 4.64. The van der Waals surface area contributed by atoms with Crippen molar-refractivity contribution in [1.82, 2.24) is 19.2 Å². The van der Waals surface area contributed by atoms with E-state index < -0.39 is 0 Å². The van der Waals surface area contributed by atoms with Gasteiger partial charge in [0, 0.05) is 24.3 Å². The lowest BCUT2D eigenvalue weighted by molar-refractivity contribution is 0.0651. The summed E-state index contributed by atoms with van der Waals surface area (Å²) in [5.41, 5.74) is 4.50. The number of benzene rings is 2. The van der Waals surface area contributed by atoms with E-state index in [1.165, 1.54) is 11.1 Å². The summed E-state index contributed by atoms with van der Waals surface area (Å²) >= 11 is 5.83. The molecule has 4 rings (SSSR count). The van der Waals surface area contributed by atoms with E-state index in [0.29, 0.717) is 11.4 Å². The number of likely N-dealkylation sites (tertiary alicyclic amines) is 1. The van der Waals surface area contributed by atoms with Gasteiger partial charge in [0.1, 0.15) is 0 Å². The van der Waals surface area contributed by atoms with Crippen molar-refractivity contribution < 1.29 is 5.11 Å². The van der Waals surface area contributed by atoms with E-state index in [2.05, 4.69) is 71.8 Å². The van der Waals surface area contributed by atoms with Crippen LogP contribution in [0.15, 0.2) is 48.5 Å². The third-order valence-corrected chi connectivity index (χ3v) is 5.73. The number of piperidine rings is 1. The molecule has 1 fully saturated rings. The summed E-state index contributed by atoms with van der Waals surface area (Å²) in [5.74, 6) is 0.853. The van der Waals surface area contributed by atoms with Crippen molar-refractivity contribution in [2.45, 2.75) is 39.5 Å². The van der Waals surface area contributed by atoms with Crippen LogP contribution in [0.4, 0.5) is 0 Å². The lowest BCUT2D eigenvalue weighted by Crippen LogP contribution is -2.37. The van der Waals surface area contributed by atoms with Gasteiger partial charge < -0.3 is 5.11 Å². The second kappa shape index (κ2) is 7.99. The average Bonchev–Trinajstić information content (AvgIpc) is 3.01. The normalized spacial score (nSPS) is 15.8. The van der Waals surface area contributed by atoms with Crippen molar-refractivity contribution in [3.05, 3.63) is 64.4 Å². The third-order valence-electron chi connectivity index (χ3n) is 5.33. The number of hydrogen-bond acceptors (Lipinski definition) is 4. The van der Waals surface area contributed by atoms with Gasteiger partial charge in [-0.15, -0.1) is 5.10 Å². The topological polar surface area (TPSA) is 46.2 Å². The van der Waals surface area contributed by atoms with Crippen LogP contribution in [0.1, 0.15) is 24.0 Å². The molecule has 1 aliphatic rings. The zero-order valence-electron chi connectivity index (χ0n) is 16.4. The highest BCUT2D eigenvalue weighted by Gasteiger charge is 2.20. The Kier molecular flexibility index (Phi) is 5.44. The first kappa shape index (κ1) is 19.1. The van der Waals surface area contributed by atoms with E-state index >= 15 is 0 Å². The van der Waals surface area contributed by atoms with Gasteiger partial charge in [0.05, 0.1) is 12.8 Å². The van der Waals surface area contributed by atoms with Crippen LogP contribution in [0.3, 0.4) is 0 Å². The molecule has 1 aromatic heterocycles. The van der Waals surface area contributed by atoms with Crippen molar-refractivity contribution in [3.63, 3.8) is 0 Å². The predicted molar refractivity (Wildman–Crippen MR) is 114 cm³/mol. The first-order chi connectivity index (χ1) is 13.5. The molecule has 28 heavy (non-hydrogen) atoms. The van der Waals surface area contributed by atoms with Crippen LogP contribution in [0.2, 0.25) is 0 Å². The second-order valence-corrected chi connectivity index (χ2v) is 8.00. The molecule has 0 radical (unpaired) electrons. The smallest absolute Gasteiger partial charge is 0.204 e. The molecule has 0 unspecified atom stereocenters. The molecule has 0 spiro atoms. The minimum atomic E-state index is -0.183. The minimum Gasteiger partial charge on any atom is -0.393 e. The summed E-state index contributed by atoms with van der Waals surface area (Å²) in [6.45, 7) is 6.53. The van der Waals surface area contributed by atoms with Crippen LogP contribution in [-0.2, 0) is 6.67 Å². The van der Waals surface area contributed by atoms with Crippen LogP contribution in [-0.4, -0.2) is 43.5 Å². The molecule has 5 nitrogen and oxygen atoms in total. The number of aryl methyl sites for hydroxylation is 2. The van der Waals surface area contributed by atoms with Crippen LogP contribution < -0.4 is 0 Å². The largest absolute Gasteiger partial charge is 0.393 e. The maximum Gasteiger partial charge on any atom is 0.204 e. The van der Waals surface area contributed by atoms with Gasteiger partial charge in [-0.1, -0.05) is 47.5 Å². The maximum atomic E-state index is 9.76. The van der Waals surface area contributed by atoms with Gasteiger partial charge in [-0.05, 0) is 51.0 Å². The quantitative estimate of drug-likeness (QED) is 0.677. The van der Waals surface area contributed by atoms with E-state index in [4.69, 9.17) is 17.3 Å². The minimum absolute atomic E-state index is 0.183. The number of nitrogens with zero attached hydrogens (tertiary/aromatic N) is 4. The molecule has 146 valence electrons. The van der Waals surface area contributed by atoms with E-state index in [1.54, 1.807) is 0 Å². The van der Waals surface area contributed by atoms with Crippen LogP contribution >= 0.6 is 12.2 Å². The molecule has 1 N–H and O–H groups in total. The third kappa shape index (κ3) is 3.94. The first-order valence-electron chi connectivity index (χ1n) is 9.75. The lowest BCUT2D eigenvalue weighted by Gasteiger charge is -2.28. The summed E-state index contributed by atoms with van der Waals surface area (Å²) in [7, 11) is 0. The lowest BCUT2D eigenvalue weighted by atomic mass is 10.1. The molecule has 0 bridgehead atoms. The molecule has 6 heteroatoms. The molecule has 2 heterocycles. The van der Waals surface area contributed by atoms with E-state index in [-0.39, 0.29) is 6.10 Å². The Morgan fingerprint density at radius 2 is 1.54 bits per heavy atom. The molecule has 1 saturated heterocycles. The van der Waals surface area contributed by atoms with Crippen LogP contribution in [0, 0.1) is 18.6 Å². The Bertz CT molecular complexity index is 997. The van der Waals surface area contributed by atoms with Crippen LogP contribution in [0.5, 0.6) is 0 Å². The number of hydrogen-bond donors (Lipinski definition) is 1. The van der Waals surface area contributed by atoms with Crippen molar-refractivity contribution >= 4 is 12.2 Å². The van der Waals surface area contributed by atoms with Gasteiger partial charge in [0.25, 0.3) is 0 Å². The van der Waals surface area contributed by atoms with Crippen LogP contribution in [0.25, 0.3) is 17.1 Å². The fourth-order valence-electron chi connectivity index (χ4n) is 3.57. The summed E-state index contributed by atoms with van der Waals surface area (Å²) in [6, 6.07) is 16.8. The summed E-state index contributed by atoms with van der Waals surface area (Å²) in [4.78, 5) is 2.30. The number of aliphatic hydroxyl groups is 1. The standard InChI is InChI=1S/C22H26N4OS/c1-16-3-7-18(8-4-16)21-23-25(15-24-13-11-20(27)12-14-24)22(28)26(21)19-9-5-17(2)6-10-19/h3-10,20,27H,11-15H2,1-2H3. The molecule has 0 atom stereocenters. The molecular formula is C22H26N4OS. The monoisotopic (exact) mass is 394 g/mol. The zero-order valence-corrected chi connectivity index (χ0v) is 17.2. The van der Waals surface area contributed by atoms with Gasteiger partial charge in [-0.2, -0.15) is 0 Å². The second-order valence-electron chi connectivity index (χ2n) is 7.63. The maximum absolute atomic E-state index is 9.76. The molecule has 2 aromatic carbocycles. The molecule has 0 saturated carbocycles. The Labute approximate surface area is 170 Å². The van der Waals surface area contributed by atoms with Crippen molar-refractivity contribution in [1.29, 1.82) is 0 Å². The molecular weight excluding hydrogens is 368 g/mol. The Hall–Kier alpha value is -2.28. The predicted octanol–water partition coefficient (Wildman–Crippen LogP) is 4.10. The summed E-state index contributed by atoms with van der Waals surface area (Å²) in [6.07, 6.45) is 1.42. The summed E-state index contributed by atoms with van der Waals surface area (Å²) in [5, 5.41) is 14.7. The number of aliphatic hydroxyl groups excluding tert-OH is 1. The van der Waals surface area contributed by atoms with Gasteiger partial charge >= 0.3 is 0 Å². The fourth-order valence-corrected chi connectivity index (χ4v) is 3.86. The first-order valence-corrected chi connectivity index (χ1v) is 10.2. The number of aromatic nitrogens is 3. The molecule has 0 amide bonds. The SMILES string of the molecule is Cc1ccc(-c2nn(CN3CCC(O)CC3)c(=S)n2-c2ccc(C)cc2)cc1. The van der Waals surface area contributed by atoms with Gasteiger partial charge in [-0.3, -0.25) is 9.47 Å². The Morgan fingerprint density at radius 1 is 0.964 bits per heavy atom. The molecule has 0 aliphatic carbocycles. The highest BCUT2D eigenvalue weighted by Crippen LogP contribution is 2.24. The Morgan fingerprint density at radius 3 is 2.14 bits per heavy atom. The van der Waals surface area contributed by atoms with E-state index in [1.807, 2.05) is 4.68 Å².